The molecule has 1 amide bonds. The van der Waals surface area contributed by atoms with Crippen LogP contribution < -0.4 is 10.6 Å². The summed E-state index contributed by atoms with van der Waals surface area (Å²) in [6.07, 6.45) is 3.06. The van der Waals surface area contributed by atoms with E-state index in [-0.39, 0.29) is 41.9 Å². The Morgan fingerprint density at radius 2 is 2.06 bits per heavy atom. The van der Waals surface area contributed by atoms with E-state index in [1.54, 1.807) is 35.0 Å². The molecule has 1 fully saturated rings. The van der Waals surface area contributed by atoms with E-state index in [2.05, 4.69) is 20.6 Å². The summed E-state index contributed by atoms with van der Waals surface area (Å²) in [7, 11) is 1.67. The fourth-order valence-electron chi connectivity index (χ4n) is 3.11. The Morgan fingerprint density at radius 3 is 2.61 bits per heavy atom. The maximum Gasteiger partial charge on any atom is 0.410 e. The summed E-state index contributed by atoms with van der Waals surface area (Å²) < 4.78 is 21.6. The highest BCUT2D eigenvalue weighted by molar-refractivity contribution is 14.0. The number of hydrogen-bond acceptors (Lipinski definition) is 4. The highest BCUT2D eigenvalue weighted by Crippen LogP contribution is 2.17. The summed E-state index contributed by atoms with van der Waals surface area (Å²) in [5.41, 5.74) is 0.753. The number of amides is 1. The van der Waals surface area contributed by atoms with Crippen LogP contribution in [0.1, 0.15) is 32.2 Å². The zero-order valence-electron chi connectivity index (χ0n) is 18.5. The number of ether oxygens (including phenoxy) is 1. The zero-order chi connectivity index (χ0) is 21.9. The molecule has 1 aromatic carbocycles. The van der Waals surface area contributed by atoms with Crippen LogP contribution in [0.5, 0.6) is 0 Å². The number of nitrogens with one attached hydrogen (secondary N) is 2. The molecule has 0 radical (unpaired) electrons. The Bertz CT molecular complexity index is 934. The second-order valence-electron chi connectivity index (χ2n) is 8.28. The molecule has 10 heteroatoms. The number of imidazole rings is 1. The number of halogens is 2. The minimum absolute atomic E-state index is 0. The molecule has 1 aliphatic rings. The molecule has 0 unspecified atom stereocenters. The smallest absolute Gasteiger partial charge is 0.410 e. The highest BCUT2D eigenvalue weighted by atomic mass is 127. The van der Waals surface area contributed by atoms with Crippen LogP contribution in [0, 0.1) is 12.7 Å². The minimum Gasteiger partial charge on any atom is -0.444 e. The van der Waals surface area contributed by atoms with Gasteiger partial charge in [0.15, 0.2) is 5.96 Å². The minimum atomic E-state index is -0.505. The van der Waals surface area contributed by atoms with Gasteiger partial charge in [0, 0.05) is 39.1 Å². The van der Waals surface area contributed by atoms with E-state index in [9.17, 15) is 9.18 Å². The predicted octanol–water partition coefficient (Wildman–Crippen LogP) is 3.22. The molecule has 0 spiro atoms. The van der Waals surface area contributed by atoms with Crippen molar-refractivity contribution in [2.75, 3.05) is 20.1 Å². The average Bonchev–Trinajstić information content (AvgIpc) is 3.04. The monoisotopic (exact) mass is 544 g/mol. The van der Waals surface area contributed by atoms with Gasteiger partial charge < -0.3 is 24.8 Å². The van der Waals surface area contributed by atoms with Crippen LogP contribution in [0.4, 0.5) is 9.18 Å². The van der Waals surface area contributed by atoms with Crippen LogP contribution in [0.3, 0.4) is 0 Å². The molecule has 2 aromatic rings. The number of aliphatic imine (C=N–C) groups is 1. The lowest BCUT2D eigenvalue weighted by molar-refractivity contribution is 0.00701. The van der Waals surface area contributed by atoms with Crippen molar-refractivity contribution in [3.63, 3.8) is 0 Å². The van der Waals surface area contributed by atoms with E-state index >= 15 is 0 Å². The van der Waals surface area contributed by atoms with Gasteiger partial charge in [-0.25, -0.2) is 14.2 Å². The van der Waals surface area contributed by atoms with E-state index in [4.69, 9.17) is 4.74 Å². The van der Waals surface area contributed by atoms with Gasteiger partial charge in [0.1, 0.15) is 17.2 Å². The maximum absolute atomic E-state index is 14.5. The van der Waals surface area contributed by atoms with E-state index in [1.807, 2.05) is 33.8 Å². The molecule has 1 aliphatic heterocycles. The molecular weight excluding hydrogens is 514 g/mol. The lowest BCUT2D eigenvalue weighted by Gasteiger charge is -2.40. The van der Waals surface area contributed by atoms with Crippen LogP contribution in [0.25, 0.3) is 5.69 Å². The van der Waals surface area contributed by atoms with Crippen LogP contribution in [0.2, 0.25) is 0 Å². The van der Waals surface area contributed by atoms with Gasteiger partial charge in [0.05, 0.1) is 11.7 Å². The molecule has 0 aliphatic carbocycles. The largest absolute Gasteiger partial charge is 0.444 e. The second-order valence-corrected chi connectivity index (χ2v) is 8.28. The number of hydrogen-bond donors (Lipinski definition) is 2. The number of likely N-dealkylation sites (tertiary alicyclic amines) is 1. The quantitative estimate of drug-likeness (QED) is 0.351. The second kappa shape index (κ2) is 10.3. The van der Waals surface area contributed by atoms with E-state index in [0.717, 1.165) is 11.4 Å². The van der Waals surface area contributed by atoms with E-state index in [0.29, 0.717) is 31.3 Å². The number of benzene rings is 1. The summed E-state index contributed by atoms with van der Waals surface area (Å²) >= 11 is 0. The van der Waals surface area contributed by atoms with Crippen molar-refractivity contribution in [1.82, 2.24) is 25.1 Å². The zero-order valence-corrected chi connectivity index (χ0v) is 20.8. The van der Waals surface area contributed by atoms with Crippen molar-refractivity contribution < 1.29 is 13.9 Å². The number of aromatic nitrogens is 2. The number of guanidine groups is 1. The van der Waals surface area contributed by atoms with Gasteiger partial charge in [-0.3, -0.25) is 4.99 Å². The van der Waals surface area contributed by atoms with Crippen LogP contribution in [-0.2, 0) is 11.3 Å². The Hall–Kier alpha value is -2.37. The first-order valence-electron chi connectivity index (χ1n) is 9.90. The number of aryl methyl sites for hydroxylation is 1. The average molecular weight is 544 g/mol. The number of carbonyl (C=O) groups is 1. The lowest BCUT2D eigenvalue weighted by Crippen LogP contribution is -2.63. The van der Waals surface area contributed by atoms with Crippen LogP contribution >= 0.6 is 24.0 Å². The van der Waals surface area contributed by atoms with Gasteiger partial charge in [-0.15, -0.1) is 24.0 Å². The molecular formula is C21H30FIN6O2. The molecule has 1 aromatic heterocycles. The summed E-state index contributed by atoms with van der Waals surface area (Å²) in [4.78, 5) is 22.0. The standard InChI is InChI=1S/C21H29FN6O2.HI/c1-14-24-8-9-28(14)18-7-6-15(10-17(18)22)11-25-19(23-5)26-16-12-27(13-16)20(29)30-21(2,3)4;/h6-10,16H,11-13H2,1-5H3,(H2,23,25,26);1H. The third kappa shape index (κ3) is 6.55. The first-order valence-corrected chi connectivity index (χ1v) is 9.90. The van der Waals surface area contributed by atoms with Crippen molar-refractivity contribution >= 4 is 36.0 Å². The van der Waals surface area contributed by atoms with Gasteiger partial charge in [-0.05, 0) is 45.4 Å². The molecule has 3 rings (SSSR count). The SMILES string of the molecule is CN=C(NCc1ccc(-n2ccnc2C)c(F)c1)NC1CN(C(=O)OC(C)(C)C)C1.I. The van der Waals surface area contributed by atoms with Crippen molar-refractivity contribution in [1.29, 1.82) is 0 Å². The lowest BCUT2D eigenvalue weighted by atomic mass is 10.1. The first-order chi connectivity index (χ1) is 14.2. The molecule has 0 saturated carbocycles. The molecule has 170 valence electrons. The van der Waals surface area contributed by atoms with E-state index < -0.39 is 5.60 Å². The molecule has 8 nitrogen and oxygen atoms in total. The van der Waals surface area contributed by atoms with Crippen molar-refractivity contribution in [3.8, 4) is 5.69 Å². The third-order valence-corrected chi connectivity index (χ3v) is 4.66. The fourth-order valence-corrected chi connectivity index (χ4v) is 3.11. The summed E-state index contributed by atoms with van der Waals surface area (Å²) in [5.74, 6) is 1.01. The molecule has 1 saturated heterocycles. The summed E-state index contributed by atoms with van der Waals surface area (Å²) in [6, 6.07) is 5.20. The molecule has 0 bridgehead atoms. The number of nitrogens with zero attached hydrogens (tertiary/aromatic N) is 4. The van der Waals surface area contributed by atoms with Crippen molar-refractivity contribution in [2.24, 2.45) is 4.99 Å². The van der Waals surface area contributed by atoms with Crippen LogP contribution in [-0.4, -0.2) is 58.3 Å². The van der Waals surface area contributed by atoms with Gasteiger partial charge >= 0.3 is 6.09 Å². The Balaban J connectivity index is 0.00000341. The molecule has 2 N–H and O–H groups in total. The molecule has 0 atom stereocenters. The Labute approximate surface area is 199 Å². The van der Waals surface area contributed by atoms with Gasteiger partial charge in [0.2, 0.25) is 0 Å². The van der Waals surface area contributed by atoms with Gasteiger partial charge in [-0.1, -0.05) is 6.07 Å². The van der Waals surface area contributed by atoms with Crippen molar-refractivity contribution in [3.05, 3.63) is 47.8 Å². The summed E-state index contributed by atoms with van der Waals surface area (Å²) in [5, 5.41) is 6.44. The number of carbonyl (C=O) groups excluding carboxylic acids is 1. The Kier molecular flexibility index (Phi) is 8.27. The summed E-state index contributed by atoms with van der Waals surface area (Å²) in [6.45, 7) is 8.87. The van der Waals surface area contributed by atoms with Crippen LogP contribution in [0.15, 0.2) is 35.6 Å². The predicted molar refractivity (Wildman–Crippen MR) is 129 cm³/mol. The normalized spacial score (nSPS) is 14.5. The maximum atomic E-state index is 14.5. The third-order valence-electron chi connectivity index (χ3n) is 4.66. The fraction of sp³-hybridized carbons (Fsp3) is 0.476. The van der Waals surface area contributed by atoms with E-state index in [1.165, 1.54) is 6.07 Å². The first kappa shape index (κ1) is 24.9. The Morgan fingerprint density at radius 1 is 1.35 bits per heavy atom. The highest BCUT2D eigenvalue weighted by Gasteiger charge is 2.34. The van der Waals surface area contributed by atoms with Gasteiger partial charge in [-0.2, -0.15) is 0 Å². The molecule has 31 heavy (non-hydrogen) atoms. The van der Waals surface area contributed by atoms with Gasteiger partial charge in [0.25, 0.3) is 0 Å². The number of rotatable bonds is 4. The topological polar surface area (TPSA) is 83.8 Å². The molecule has 2 heterocycles. The van der Waals surface area contributed by atoms with Crippen molar-refractivity contribution in [2.45, 2.75) is 45.9 Å².